The zero-order valence-corrected chi connectivity index (χ0v) is 18.6. The zero-order valence-electron chi connectivity index (χ0n) is 16.3. The Morgan fingerprint density at radius 1 is 1.14 bits per heavy atom. The van der Waals surface area contributed by atoms with E-state index in [0.29, 0.717) is 23.2 Å². The van der Waals surface area contributed by atoms with Crippen molar-refractivity contribution in [3.63, 3.8) is 0 Å². The van der Waals surface area contributed by atoms with Crippen LogP contribution in [0.15, 0.2) is 52.6 Å². The van der Waals surface area contributed by atoms with Gasteiger partial charge < -0.3 is 14.4 Å². The quantitative estimate of drug-likeness (QED) is 0.440. The summed E-state index contributed by atoms with van der Waals surface area (Å²) in [5, 5.41) is 11.1. The number of imidazole rings is 1. The van der Waals surface area contributed by atoms with Gasteiger partial charge in [0.2, 0.25) is 0 Å². The molecule has 0 unspecified atom stereocenters. The number of ether oxygens (including phenoxy) is 1. The topological polar surface area (TPSA) is 60.2 Å². The number of halogens is 2. The van der Waals surface area contributed by atoms with Gasteiger partial charge >= 0.3 is 0 Å². The number of benzene rings is 1. The van der Waals surface area contributed by atoms with Crippen molar-refractivity contribution in [1.29, 1.82) is 0 Å². The van der Waals surface area contributed by atoms with Crippen molar-refractivity contribution in [3.8, 4) is 0 Å². The molecule has 3 aromatic rings. The van der Waals surface area contributed by atoms with Crippen molar-refractivity contribution in [2.45, 2.75) is 42.8 Å². The number of pyridine rings is 1. The van der Waals surface area contributed by atoms with Crippen LogP contribution in [0.3, 0.4) is 0 Å². The molecule has 0 atom stereocenters. The van der Waals surface area contributed by atoms with Crippen LogP contribution in [-0.2, 0) is 17.9 Å². The smallest absolute Gasteiger partial charge is 0.136 e. The average Bonchev–Trinajstić information content (AvgIpc) is 2.99. The first-order chi connectivity index (χ1) is 14.0. The van der Waals surface area contributed by atoms with E-state index in [1.165, 1.54) is 11.8 Å². The van der Waals surface area contributed by atoms with E-state index in [1.54, 1.807) is 18.5 Å². The first kappa shape index (κ1) is 22.1. The Hall–Kier alpha value is -1.57. The van der Waals surface area contributed by atoms with Crippen LogP contribution in [0.5, 0.6) is 0 Å². The molecular weight excluding hydrogens is 429 g/mol. The maximum atomic E-state index is 9.06. The molecule has 0 spiro atoms. The van der Waals surface area contributed by atoms with Crippen LogP contribution >= 0.6 is 35.0 Å². The van der Waals surface area contributed by atoms with Gasteiger partial charge in [0, 0.05) is 33.9 Å². The van der Waals surface area contributed by atoms with Gasteiger partial charge in [-0.2, -0.15) is 0 Å². The van der Waals surface area contributed by atoms with Gasteiger partial charge in [-0.25, -0.2) is 4.98 Å². The molecule has 0 saturated heterocycles. The fraction of sp³-hybridized carbons (Fsp3) is 0.333. The second-order valence-electron chi connectivity index (χ2n) is 6.80. The number of aliphatic hydroxyl groups is 1. The number of hydrogen-bond donors (Lipinski definition) is 1. The Kier molecular flexibility index (Phi) is 7.98. The molecule has 5 nitrogen and oxygen atoms in total. The van der Waals surface area contributed by atoms with Crippen LogP contribution < -0.4 is 0 Å². The lowest BCUT2D eigenvalue weighted by atomic mass is 10.1. The van der Waals surface area contributed by atoms with Crippen LogP contribution in [0.4, 0.5) is 0 Å². The highest BCUT2D eigenvalue weighted by atomic mass is 35.5. The lowest BCUT2D eigenvalue weighted by Gasteiger charge is -2.15. The van der Waals surface area contributed by atoms with Gasteiger partial charge in [-0.3, -0.25) is 4.98 Å². The molecule has 0 aliphatic rings. The van der Waals surface area contributed by atoms with E-state index in [4.69, 9.17) is 38.0 Å². The van der Waals surface area contributed by atoms with Crippen LogP contribution in [0.25, 0.3) is 0 Å². The Morgan fingerprint density at radius 2 is 1.83 bits per heavy atom. The van der Waals surface area contributed by atoms with E-state index in [9.17, 15) is 0 Å². The van der Waals surface area contributed by atoms with Crippen molar-refractivity contribution < 1.29 is 9.84 Å². The second kappa shape index (κ2) is 10.5. The summed E-state index contributed by atoms with van der Waals surface area (Å²) < 4.78 is 7.77. The van der Waals surface area contributed by atoms with Crippen molar-refractivity contribution in [1.82, 2.24) is 14.5 Å². The molecule has 8 heteroatoms. The summed E-state index contributed by atoms with van der Waals surface area (Å²) >= 11 is 13.9. The summed E-state index contributed by atoms with van der Waals surface area (Å²) in [6.07, 6.45) is 3.57. The molecule has 1 N–H and O–H groups in total. The summed E-state index contributed by atoms with van der Waals surface area (Å²) in [4.78, 5) is 9.90. The number of hydrogen-bond acceptors (Lipinski definition) is 5. The van der Waals surface area contributed by atoms with Gasteiger partial charge in [0.05, 0.1) is 18.9 Å². The highest BCUT2D eigenvalue weighted by Gasteiger charge is 2.21. The minimum absolute atomic E-state index is 0.0231. The molecule has 0 amide bonds. The molecule has 0 bridgehead atoms. The number of nitrogens with zero attached hydrogens (tertiary/aromatic N) is 3. The fourth-order valence-corrected chi connectivity index (χ4v) is 4.86. The lowest BCUT2D eigenvalue weighted by molar-refractivity contribution is 0.0760. The molecule has 0 aliphatic heterocycles. The van der Waals surface area contributed by atoms with Crippen LogP contribution in [-0.4, -0.2) is 32.9 Å². The monoisotopic (exact) mass is 451 g/mol. The van der Waals surface area contributed by atoms with Crippen LogP contribution in [0, 0.1) is 0 Å². The number of aromatic nitrogens is 3. The highest BCUT2D eigenvalue weighted by Crippen LogP contribution is 2.37. The van der Waals surface area contributed by atoms with Gasteiger partial charge in [-0.05, 0) is 41.8 Å². The Balaban J connectivity index is 2.01. The molecule has 0 radical (unpaired) electrons. The minimum Gasteiger partial charge on any atom is -0.394 e. The Bertz CT molecular complexity index is 928. The Morgan fingerprint density at radius 3 is 2.45 bits per heavy atom. The predicted octanol–water partition coefficient (Wildman–Crippen LogP) is 5.42. The van der Waals surface area contributed by atoms with E-state index in [1.807, 2.05) is 24.3 Å². The first-order valence-corrected chi connectivity index (χ1v) is 10.9. The van der Waals surface area contributed by atoms with E-state index < -0.39 is 0 Å². The molecular formula is C21H23Cl2N3O2S. The van der Waals surface area contributed by atoms with E-state index in [0.717, 1.165) is 27.0 Å². The van der Waals surface area contributed by atoms with Crippen LogP contribution in [0.2, 0.25) is 10.0 Å². The molecule has 2 heterocycles. The normalized spacial score (nSPS) is 11.4. The maximum absolute atomic E-state index is 9.06. The third-order valence-corrected chi connectivity index (χ3v) is 5.61. The fourth-order valence-electron chi connectivity index (χ4n) is 3.01. The standard InChI is InChI=1S/C21H23Cl2N3O2S/c1-14(2)20-21(29-18-10-16(22)9-17(23)11-18)25-19(13-28-8-7-27)26(20)12-15-3-5-24-6-4-15/h3-6,9-11,14,27H,7-8,12-13H2,1-2H3. The average molecular weight is 452 g/mol. The lowest BCUT2D eigenvalue weighted by Crippen LogP contribution is -2.12. The van der Waals surface area contributed by atoms with Crippen molar-refractivity contribution in [3.05, 3.63) is 69.9 Å². The van der Waals surface area contributed by atoms with Crippen molar-refractivity contribution >= 4 is 35.0 Å². The SMILES string of the molecule is CC(C)c1c(Sc2cc(Cl)cc(Cl)c2)nc(COCCO)n1Cc1ccncc1. The van der Waals surface area contributed by atoms with Crippen molar-refractivity contribution in [2.75, 3.05) is 13.2 Å². The van der Waals surface area contributed by atoms with Gasteiger partial charge in [0.1, 0.15) is 17.5 Å². The highest BCUT2D eigenvalue weighted by molar-refractivity contribution is 7.99. The summed E-state index contributed by atoms with van der Waals surface area (Å²) in [6, 6.07) is 9.46. The summed E-state index contributed by atoms with van der Waals surface area (Å²) in [6.45, 7) is 5.52. The molecule has 1 aromatic carbocycles. The number of aliphatic hydroxyl groups excluding tert-OH is 1. The van der Waals surface area contributed by atoms with E-state index >= 15 is 0 Å². The largest absolute Gasteiger partial charge is 0.394 e. The Labute approximate surface area is 185 Å². The third-order valence-electron chi connectivity index (χ3n) is 4.21. The zero-order chi connectivity index (χ0) is 20.8. The van der Waals surface area contributed by atoms with Gasteiger partial charge in [-0.1, -0.05) is 48.8 Å². The third kappa shape index (κ3) is 5.96. The molecule has 0 fully saturated rings. The predicted molar refractivity (Wildman–Crippen MR) is 117 cm³/mol. The van der Waals surface area contributed by atoms with E-state index in [-0.39, 0.29) is 19.1 Å². The molecule has 3 rings (SSSR count). The summed E-state index contributed by atoms with van der Waals surface area (Å²) in [7, 11) is 0. The van der Waals surface area contributed by atoms with Crippen LogP contribution in [0.1, 0.15) is 36.8 Å². The first-order valence-electron chi connectivity index (χ1n) is 9.28. The molecule has 0 aliphatic carbocycles. The minimum atomic E-state index is -0.0231. The molecule has 29 heavy (non-hydrogen) atoms. The molecule has 154 valence electrons. The maximum Gasteiger partial charge on any atom is 0.136 e. The second-order valence-corrected chi connectivity index (χ2v) is 8.73. The van der Waals surface area contributed by atoms with Crippen molar-refractivity contribution in [2.24, 2.45) is 0 Å². The molecule has 2 aromatic heterocycles. The number of rotatable bonds is 9. The summed E-state index contributed by atoms with van der Waals surface area (Å²) in [5.41, 5.74) is 2.25. The van der Waals surface area contributed by atoms with Gasteiger partial charge in [-0.15, -0.1) is 0 Å². The van der Waals surface area contributed by atoms with E-state index in [2.05, 4.69) is 23.4 Å². The van der Waals surface area contributed by atoms with Gasteiger partial charge in [0.25, 0.3) is 0 Å². The summed E-state index contributed by atoms with van der Waals surface area (Å²) in [5.74, 6) is 1.06. The molecule has 0 saturated carbocycles. The van der Waals surface area contributed by atoms with Gasteiger partial charge in [0.15, 0.2) is 0 Å².